The summed E-state index contributed by atoms with van der Waals surface area (Å²) < 4.78 is 30.8. The lowest BCUT2D eigenvalue weighted by molar-refractivity contribution is -0.117. The molecule has 2 aromatic heterocycles. The molecule has 4 rings (SSSR count). The maximum Gasteiger partial charge on any atom is 0.269 e. The molecule has 1 fully saturated rings. The zero-order chi connectivity index (χ0) is 27.0. The van der Waals surface area contributed by atoms with E-state index in [9.17, 15) is 23.3 Å². The van der Waals surface area contributed by atoms with Crippen molar-refractivity contribution in [3.05, 3.63) is 75.2 Å². The Bertz CT molecular complexity index is 1610. The van der Waals surface area contributed by atoms with Gasteiger partial charge in [-0.1, -0.05) is 39.0 Å². The van der Waals surface area contributed by atoms with Gasteiger partial charge >= 0.3 is 0 Å². The molecule has 1 aromatic carbocycles. The largest absolute Gasteiger partial charge is 0.438 e. The van der Waals surface area contributed by atoms with Gasteiger partial charge in [-0.15, -0.1) is 0 Å². The predicted octanol–water partition coefficient (Wildman–Crippen LogP) is 3.30. The van der Waals surface area contributed by atoms with E-state index in [4.69, 9.17) is 4.74 Å². The van der Waals surface area contributed by atoms with Crippen molar-refractivity contribution >= 4 is 27.5 Å². The van der Waals surface area contributed by atoms with Gasteiger partial charge in [0.2, 0.25) is 5.88 Å². The van der Waals surface area contributed by atoms with Crippen molar-refractivity contribution in [3.8, 4) is 17.7 Å². The Hall–Kier alpha value is -3.97. The summed E-state index contributed by atoms with van der Waals surface area (Å²) >= 11 is 0. The Morgan fingerprint density at radius 2 is 1.95 bits per heavy atom. The van der Waals surface area contributed by atoms with Gasteiger partial charge in [-0.2, -0.15) is 10.2 Å². The number of nitriles is 1. The first-order valence-corrected chi connectivity index (χ1v) is 13.6. The first-order chi connectivity index (χ1) is 17.4. The zero-order valence-corrected chi connectivity index (χ0v) is 21.9. The molecule has 10 heteroatoms. The third-order valence-electron chi connectivity index (χ3n) is 6.21. The van der Waals surface area contributed by atoms with Crippen LogP contribution >= 0.6 is 0 Å². The quantitative estimate of drug-likeness (QED) is 0.403. The number of hydrogen-bond donors (Lipinski definition) is 1. The summed E-state index contributed by atoms with van der Waals surface area (Å²) in [4.78, 5) is 30.8. The summed E-state index contributed by atoms with van der Waals surface area (Å²) in [6, 6.07) is 12.1. The van der Waals surface area contributed by atoms with E-state index in [1.54, 1.807) is 24.4 Å². The molecular weight excluding hydrogens is 492 g/mol. The first kappa shape index (κ1) is 26.1. The Labute approximate surface area is 215 Å². The van der Waals surface area contributed by atoms with Crippen molar-refractivity contribution in [2.75, 3.05) is 11.5 Å². The Balaban J connectivity index is 1.77. The third kappa shape index (κ3) is 5.73. The molecule has 1 saturated heterocycles. The molecule has 3 aromatic rings. The monoisotopic (exact) mass is 520 g/mol. The molecular formula is C27H28N4O5S. The van der Waals surface area contributed by atoms with E-state index in [1.807, 2.05) is 31.2 Å². The molecule has 0 unspecified atom stereocenters. The smallest absolute Gasteiger partial charge is 0.269 e. The molecule has 0 bridgehead atoms. The van der Waals surface area contributed by atoms with Gasteiger partial charge < -0.3 is 10.1 Å². The average Bonchev–Trinajstić information content (AvgIpc) is 3.17. The summed E-state index contributed by atoms with van der Waals surface area (Å²) in [6.07, 6.45) is 2.96. The van der Waals surface area contributed by atoms with E-state index >= 15 is 0 Å². The van der Waals surface area contributed by atoms with Crippen LogP contribution in [0.15, 0.2) is 53.0 Å². The van der Waals surface area contributed by atoms with Crippen LogP contribution in [-0.2, 0) is 20.0 Å². The second kappa shape index (κ2) is 9.82. The molecule has 0 spiro atoms. The van der Waals surface area contributed by atoms with Crippen LogP contribution in [-0.4, -0.2) is 41.3 Å². The van der Waals surface area contributed by atoms with Crippen LogP contribution in [0.3, 0.4) is 0 Å². The summed E-state index contributed by atoms with van der Waals surface area (Å²) in [6.45, 7) is 8.09. The molecule has 192 valence electrons. The fourth-order valence-corrected chi connectivity index (χ4v) is 5.77. The Kier molecular flexibility index (Phi) is 6.93. The fraction of sp³-hybridized carbons (Fsp3) is 0.333. The van der Waals surface area contributed by atoms with Gasteiger partial charge in [0.1, 0.15) is 28.6 Å². The summed E-state index contributed by atoms with van der Waals surface area (Å²) in [7, 11) is -3.22. The Morgan fingerprint density at radius 1 is 1.24 bits per heavy atom. The van der Waals surface area contributed by atoms with E-state index in [1.165, 1.54) is 4.40 Å². The second-order valence-electron chi connectivity index (χ2n) is 10.1. The number of fused-ring (bicyclic) bond motifs is 1. The maximum atomic E-state index is 13.5. The molecule has 37 heavy (non-hydrogen) atoms. The van der Waals surface area contributed by atoms with Crippen molar-refractivity contribution in [1.82, 2.24) is 14.7 Å². The van der Waals surface area contributed by atoms with E-state index < -0.39 is 27.3 Å². The molecule has 1 amide bonds. The average molecular weight is 521 g/mol. The van der Waals surface area contributed by atoms with E-state index in [0.717, 1.165) is 17.2 Å². The van der Waals surface area contributed by atoms with Crippen LogP contribution in [0.4, 0.5) is 0 Å². The first-order valence-electron chi connectivity index (χ1n) is 11.8. The van der Waals surface area contributed by atoms with Crippen molar-refractivity contribution in [1.29, 1.82) is 5.26 Å². The van der Waals surface area contributed by atoms with Gasteiger partial charge in [-0.25, -0.2) is 8.42 Å². The normalized spacial score (nSPS) is 17.4. The number of benzene rings is 1. The zero-order valence-electron chi connectivity index (χ0n) is 21.1. The van der Waals surface area contributed by atoms with Crippen molar-refractivity contribution in [3.63, 3.8) is 0 Å². The van der Waals surface area contributed by atoms with Gasteiger partial charge in [0.25, 0.3) is 11.5 Å². The van der Waals surface area contributed by atoms with Gasteiger partial charge in [0.15, 0.2) is 9.84 Å². The van der Waals surface area contributed by atoms with Crippen LogP contribution in [0.1, 0.15) is 43.9 Å². The van der Waals surface area contributed by atoms with Gasteiger partial charge in [0, 0.05) is 12.2 Å². The van der Waals surface area contributed by atoms with Gasteiger partial charge in [0.05, 0.1) is 11.5 Å². The minimum absolute atomic E-state index is 0.0230. The summed E-state index contributed by atoms with van der Waals surface area (Å²) in [5.41, 5.74) is 1.21. The van der Waals surface area contributed by atoms with Crippen LogP contribution in [0.5, 0.6) is 11.6 Å². The topological polar surface area (TPSA) is 131 Å². The number of hydrogen-bond acceptors (Lipinski definition) is 7. The summed E-state index contributed by atoms with van der Waals surface area (Å²) in [5.74, 6) is -0.585. The lowest BCUT2D eigenvalue weighted by Crippen LogP contribution is -2.36. The number of aryl methyl sites for hydroxylation is 1. The van der Waals surface area contributed by atoms with Crippen molar-refractivity contribution in [2.45, 2.75) is 45.6 Å². The molecule has 1 atom stereocenters. The maximum absolute atomic E-state index is 13.5. The number of carbonyl (C=O) groups is 1. The van der Waals surface area contributed by atoms with Gasteiger partial charge in [-0.05, 0) is 54.2 Å². The minimum Gasteiger partial charge on any atom is -0.438 e. The fourth-order valence-electron chi connectivity index (χ4n) is 4.09. The van der Waals surface area contributed by atoms with Gasteiger partial charge in [-0.3, -0.25) is 14.0 Å². The predicted molar refractivity (Wildman–Crippen MR) is 140 cm³/mol. The van der Waals surface area contributed by atoms with Crippen LogP contribution in [0, 0.1) is 18.3 Å². The van der Waals surface area contributed by atoms with E-state index in [-0.39, 0.29) is 40.4 Å². The number of aromatic nitrogens is 2. The standard InChI is InChI=1S/C27H28N4O5S/c1-17-6-5-12-31-23(17)30-25(36-21-9-7-19(8-10-21)27(2,3)4)22(26(31)33)14-18(15-28)24(32)29-20-11-13-37(34,35)16-20/h5-10,12,14,20H,11,13,16H2,1-4H3,(H,29,32)/b18-14+/t20-/m0/s1. The number of pyridine rings is 1. The number of carbonyl (C=O) groups excluding carboxylic acids is 1. The number of sulfone groups is 1. The molecule has 0 aliphatic carbocycles. The highest BCUT2D eigenvalue weighted by atomic mass is 32.2. The molecule has 1 aliphatic rings. The molecule has 1 aliphatic heterocycles. The van der Waals surface area contributed by atoms with E-state index in [2.05, 4.69) is 31.1 Å². The number of ether oxygens (including phenoxy) is 1. The Morgan fingerprint density at radius 3 is 2.54 bits per heavy atom. The molecule has 1 N–H and O–H groups in total. The highest BCUT2D eigenvalue weighted by Gasteiger charge is 2.30. The van der Waals surface area contributed by atoms with Crippen molar-refractivity contribution in [2.24, 2.45) is 0 Å². The number of amides is 1. The lowest BCUT2D eigenvalue weighted by atomic mass is 9.87. The SMILES string of the molecule is Cc1cccn2c(=O)c(/C=C(\C#N)C(=O)N[C@H]3CCS(=O)(=O)C3)c(Oc3ccc(C(C)(C)C)cc3)nc12. The summed E-state index contributed by atoms with van der Waals surface area (Å²) in [5, 5.41) is 12.3. The molecule has 3 heterocycles. The van der Waals surface area contributed by atoms with Crippen LogP contribution < -0.4 is 15.6 Å². The van der Waals surface area contributed by atoms with Crippen molar-refractivity contribution < 1.29 is 17.9 Å². The lowest BCUT2D eigenvalue weighted by Gasteiger charge is -2.19. The molecule has 0 saturated carbocycles. The molecule has 0 radical (unpaired) electrons. The number of nitrogens with one attached hydrogen (secondary N) is 1. The second-order valence-corrected chi connectivity index (χ2v) is 12.4. The number of nitrogens with zero attached hydrogens (tertiary/aromatic N) is 3. The van der Waals surface area contributed by atoms with E-state index in [0.29, 0.717) is 11.4 Å². The highest BCUT2D eigenvalue weighted by Crippen LogP contribution is 2.28. The third-order valence-corrected chi connectivity index (χ3v) is 7.97. The molecule has 9 nitrogen and oxygen atoms in total. The highest BCUT2D eigenvalue weighted by molar-refractivity contribution is 7.91. The number of rotatable bonds is 5. The minimum atomic E-state index is -3.22. The van der Waals surface area contributed by atoms with Crippen LogP contribution in [0.2, 0.25) is 0 Å². The van der Waals surface area contributed by atoms with Crippen LogP contribution in [0.25, 0.3) is 11.7 Å².